The monoisotopic (exact) mass is 404 g/mol. The van der Waals surface area contributed by atoms with Gasteiger partial charge in [0.05, 0.1) is 23.3 Å². The first-order chi connectivity index (χ1) is 13.3. The number of amides is 2. The van der Waals surface area contributed by atoms with E-state index in [4.69, 9.17) is 0 Å². The molecule has 0 spiro atoms. The summed E-state index contributed by atoms with van der Waals surface area (Å²) >= 11 is 1.12. The molecule has 0 fully saturated rings. The molecule has 2 amide bonds. The van der Waals surface area contributed by atoms with Crippen molar-refractivity contribution in [2.75, 3.05) is 13.7 Å². The zero-order valence-electron chi connectivity index (χ0n) is 16.1. The summed E-state index contributed by atoms with van der Waals surface area (Å²) in [6.45, 7) is 4.33. The summed E-state index contributed by atoms with van der Waals surface area (Å²) in [4.78, 5) is 37.0. The highest BCUT2D eigenvalue weighted by molar-refractivity contribution is 7.16. The molecule has 8 heteroatoms. The standard InChI is InChI=1S/C20H24N2O5S/c1-12(2)15-10-16(19(25)22-11-13-5-4-6-14(23)9-13)28-18(15)20(26)21-8-7-17(24)27-3/h4-6,9-10,12,23H,7-8,11H2,1-3H3,(H,21,26)(H,22,25). The smallest absolute Gasteiger partial charge is 0.307 e. The lowest BCUT2D eigenvalue weighted by molar-refractivity contribution is -0.140. The van der Waals surface area contributed by atoms with Crippen LogP contribution in [0.4, 0.5) is 0 Å². The van der Waals surface area contributed by atoms with Crippen molar-refractivity contribution in [1.29, 1.82) is 0 Å². The number of thiophene rings is 1. The summed E-state index contributed by atoms with van der Waals surface area (Å²) in [7, 11) is 1.29. The summed E-state index contributed by atoms with van der Waals surface area (Å²) in [6, 6.07) is 8.37. The van der Waals surface area contributed by atoms with Gasteiger partial charge in [-0.05, 0) is 35.2 Å². The average Bonchev–Trinajstić information content (AvgIpc) is 3.12. The Hall–Kier alpha value is -2.87. The van der Waals surface area contributed by atoms with Crippen LogP contribution in [-0.4, -0.2) is 36.5 Å². The number of aromatic hydroxyl groups is 1. The third kappa shape index (κ3) is 5.82. The number of esters is 1. The van der Waals surface area contributed by atoms with Gasteiger partial charge in [-0.3, -0.25) is 14.4 Å². The van der Waals surface area contributed by atoms with Crippen LogP contribution in [0, 0.1) is 0 Å². The van der Waals surface area contributed by atoms with Crippen LogP contribution in [-0.2, 0) is 16.1 Å². The molecule has 28 heavy (non-hydrogen) atoms. The number of carbonyl (C=O) groups excluding carboxylic acids is 3. The normalized spacial score (nSPS) is 10.6. The van der Waals surface area contributed by atoms with Crippen LogP contribution in [0.5, 0.6) is 5.75 Å². The quantitative estimate of drug-likeness (QED) is 0.587. The minimum atomic E-state index is -0.400. The van der Waals surface area contributed by atoms with Gasteiger partial charge in [0.15, 0.2) is 0 Å². The highest BCUT2D eigenvalue weighted by atomic mass is 32.1. The Morgan fingerprint density at radius 2 is 1.89 bits per heavy atom. The fourth-order valence-corrected chi connectivity index (χ4v) is 3.67. The molecule has 1 aromatic heterocycles. The number of phenols is 1. The van der Waals surface area contributed by atoms with Crippen LogP contribution in [0.15, 0.2) is 30.3 Å². The fourth-order valence-electron chi connectivity index (χ4n) is 2.52. The van der Waals surface area contributed by atoms with Crippen LogP contribution in [0.3, 0.4) is 0 Å². The van der Waals surface area contributed by atoms with Gasteiger partial charge in [0.1, 0.15) is 5.75 Å². The molecule has 150 valence electrons. The number of rotatable bonds is 8. The zero-order valence-corrected chi connectivity index (χ0v) is 16.9. The van der Waals surface area contributed by atoms with Gasteiger partial charge in [0.25, 0.3) is 11.8 Å². The van der Waals surface area contributed by atoms with Gasteiger partial charge in [-0.15, -0.1) is 11.3 Å². The van der Waals surface area contributed by atoms with E-state index in [0.29, 0.717) is 9.75 Å². The molecule has 0 bridgehead atoms. The van der Waals surface area contributed by atoms with Gasteiger partial charge in [0.2, 0.25) is 0 Å². The number of carbonyl (C=O) groups is 3. The predicted octanol–water partition coefficient (Wildman–Crippen LogP) is 2.80. The number of phenolic OH excluding ortho intramolecular Hbond substituents is 1. The Labute approximate surface area is 167 Å². The van der Waals surface area contributed by atoms with E-state index >= 15 is 0 Å². The molecule has 1 heterocycles. The number of hydrogen-bond acceptors (Lipinski definition) is 6. The summed E-state index contributed by atoms with van der Waals surface area (Å²) < 4.78 is 4.55. The van der Waals surface area contributed by atoms with Gasteiger partial charge in [-0.25, -0.2) is 0 Å². The maximum Gasteiger partial charge on any atom is 0.307 e. The largest absolute Gasteiger partial charge is 0.508 e. The molecule has 0 saturated carbocycles. The Balaban J connectivity index is 2.06. The van der Waals surface area contributed by atoms with Gasteiger partial charge < -0.3 is 20.5 Å². The number of benzene rings is 1. The van der Waals surface area contributed by atoms with E-state index in [1.54, 1.807) is 30.3 Å². The lowest BCUT2D eigenvalue weighted by Crippen LogP contribution is -2.26. The lowest BCUT2D eigenvalue weighted by Gasteiger charge is -2.07. The second kappa shape index (κ2) is 9.89. The molecule has 1 aromatic carbocycles. The predicted molar refractivity (Wildman–Crippen MR) is 107 cm³/mol. The van der Waals surface area contributed by atoms with Crippen molar-refractivity contribution in [3.8, 4) is 5.75 Å². The molecule has 2 aromatic rings. The van der Waals surface area contributed by atoms with E-state index in [0.717, 1.165) is 22.5 Å². The zero-order chi connectivity index (χ0) is 20.7. The van der Waals surface area contributed by atoms with Crippen molar-refractivity contribution in [2.24, 2.45) is 0 Å². The number of nitrogens with one attached hydrogen (secondary N) is 2. The number of methoxy groups -OCH3 is 1. The van der Waals surface area contributed by atoms with E-state index in [-0.39, 0.29) is 43.0 Å². The molecular weight excluding hydrogens is 380 g/mol. The van der Waals surface area contributed by atoms with Gasteiger partial charge in [-0.1, -0.05) is 26.0 Å². The topological polar surface area (TPSA) is 105 Å². The SMILES string of the molecule is COC(=O)CCNC(=O)c1sc(C(=O)NCc2cccc(O)c2)cc1C(C)C. The van der Waals surface area contributed by atoms with E-state index in [9.17, 15) is 19.5 Å². The van der Waals surface area contributed by atoms with Crippen molar-refractivity contribution in [2.45, 2.75) is 32.7 Å². The Kier molecular flexibility index (Phi) is 7.57. The molecule has 7 nitrogen and oxygen atoms in total. The highest BCUT2D eigenvalue weighted by Gasteiger charge is 2.21. The van der Waals surface area contributed by atoms with Crippen molar-refractivity contribution in [3.05, 3.63) is 51.2 Å². The Morgan fingerprint density at radius 1 is 1.14 bits per heavy atom. The molecule has 3 N–H and O–H groups in total. The first kappa shape index (κ1) is 21.4. The highest BCUT2D eigenvalue weighted by Crippen LogP contribution is 2.29. The van der Waals surface area contributed by atoms with Gasteiger partial charge >= 0.3 is 5.97 Å². The van der Waals surface area contributed by atoms with Crippen molar-refractivity contribution in [1.82, 2.24) is 10.6 Å². The second-order valence-corrected chi connectivity index (χ2v) is 7.54. The molecule has 0 atom stereocenters. The van der Waals surface area contributed by atoms with Crippen LogP contribution in [0.25, 0.3) is 0 Å². The van der Waals surface area contributed by atoms with Gasteiger partial charge in [-0.2, -0.15) is 0 Å². The van der Waals surface area contributed by atoms with E-state index in [1.807, 2.05) is 13.8 Å². The second-order valence-electron chi connectivity index (χ2n) is 6.48. The summed E-state index contributed by atoms with van der Waals surface area (Å²) in [5, 5.41) is 15.0. The third-order valence-electron chi connectivity index (χ3n) is 4.02. The molecule has 0 aliphatic rings. The van der Waals surface area contributed by atoms with Crippen molar-refractivity contribution >= 4 is 29.1 Å². The molecule has 0 aliphatic heterocycles. The Bertz CT molecular complexity index is 860. The molecule has 0 unspecified atom stereocenters. The first-order valence-corrected chi connectivity index (χ1v) is 9.68. The molecular formula is C20H24N2O5S. The molecule has 0 aliphatic carbocycles. The van der Waals surface area contributed by atoms with Crippen molar-refractivity contribution < 1.29 is 24.2 Å². The van der Waals surface area contributed by atoms with Gasteiger partial charge in [0, 0.05) is 13.1 Å². The maximum atomic E-state index is 12.5. The fraction of sp³-hybridized carbons (Fsp3) is 0.350. The first-order valence-electron chi connectivity index (χ1n) is 8.86. The van der Waals surface area contributed by atoms with E-state index in [1.165, 1.54) is 7.11 Å². The van der Waals surface area contributed by atoms with E-state index < -0.39 is 5.97 Å². The average molecular weight is 404 g/mol. The van der Waals surface area contributed by atoms with E-state index in [2.05, 4.69) is 15.4 Å². The van der Waals surface area contributed by atoms with Crippen LogP contribution in [0.2, 0.25) is 0 Å². The van der Waals surface area contributed by atoms with Crippen LogP contribution < -0.4 is 10.6 Å². The molecule has 0 radical (unpaired) electrons. The van der Waals surface area contributed by atoms with Crippen molar-refractivity contribution in [3.63, 3.8) is 0 Å². The lowest BCUT2D eigenvalue weighted by atomic mass is 10.0. The third-order valence-corrected chi connectivity index (χ3v) is 5.17. The number of hydrogen-bond donors (Lipinski definition) is 3. The van der Waals surface area contributed by atoms with Crippen LogP contribution >= 0.6 is 11.3 Å². The summed E-state index contributed by atoms with van der Waals surface area (Å²) in [6.07, 6.45) is 0.0852. The number of ether oxygens (including phenoxy) is 1. The summed E-state index contributed by atoms with van der Waals surface area (Å²) in [5.74, 6) is -0.808. The molecule has 0 saturated heterocycles. The minimum absolute atomic E-state index is 0.0604. The molecule has 2 rings (SSSR count). The minimum Gasteiger partial charge on any atom is -0.508 e. The maximum absolute atomic E-state index is 12.5. The Morgan fingerprint density at radius 3 is 2.54 bits per heavy atom. The summed E-state index contributed by atoms with van der Waals surface area (Å²) in [5.41, 5.74) is 1.55. The van der Waals surface area contributed by atoms with Crippen LogP contribution in [0.1, 0.15) is 56.7 Å².